The number of rotatable bonds is 4. The van der Waals surface area contributed by atoms with Crippen molar-refractivity contribution in [3.8, 4) is 10.8 Å². The fraction of sp³-hybridized carbons (Fsp3) is 0.143. The minimum Gasteiger partial charge on any atom is -0.459 e. The standard InChI is InChI=1S/C14H11N3O3S2/c1-7-3-4-10(20-7)13-16-9(6-21-13)12(19)17-14-15-5-11(22-14)8(2)18/h3-6H,1-2H3,(H,15,17,19). The Balaban J connectivity index is 1.75. The van der Waals surface area contributed by atoms with Crippen molar-refractivity contribution in [1.29, 1.82) is 0 Å². The second-order valence-corrected chi connectivity index (χ2v) is 6.38. The Hall–Kier alpha value is -2.32. The molecule has 0 bridgehead atoms. The molecule has 0 unspecified atom stereocenters. The maximum absolute atomic E-state index is 12.1. The summed E-state index contributed by atoms with van der Waals surface area (Å²) in [6.07, 6.45) is 1.45. The molecular formula is C14H11N3O3S2. The van der Waals surface area contributed by atoms with Gasteiger partial charge in [0, 0.05) is 12.3 Å². The zero-order chi connectivity index (χ0) is 15.7. The Labute approximate surface area is 133 Å². The van der Waals surface area contributed by atoms with Crippen LogP contribution in [-0.2, 0) is 0 Å². The highest BCUT2D eigenvalue weighted by Gasteiger charge is 2.15. The summed E-state index contributed by atoms with van der Waals surface area (Å²) in [5, 5.41) is 5.30. The monoisotopic (exact) mass is 333 g/mol. The maximum atomic E-state index is 12.1. The van der Waals surface area contributed by atoms with E-state index in [1.807, 2.05) is 19.1 Å². The number of furan rings is 1. The number of aryl methyl sites for hydroxylation is 1. The van der Waals surface area contributed by atoms with Crippen LogP contribution in [0.4, 0.5) is 5.13 Å². The van der Waals surface area contributed by atoms with Crippen LogP contribution in [0.15, 0.2) is 28.1 Å². The quantitative estimate of drug-likeness (QED) is 0.737. The van der Waals surface area contributed by atoms with E-state index in [0.29, 0.717) is 20.8 Å². The molecule has 0 spiro atoms. The molecule has 22 heavy (non-hydrogen) atoms. The Kier molecular flexibility index (Phi) is 3.86. The van der Waals surface area contributed by atoms with E-state index in [1.54, 1.807) is 5.38 Å². The van der Waals surface area contributed by atoms with Crippen molar-refractivity contribution in [2.24, 2.45) is 0 Å². The van der Waals surface area contributed by atoms with Crippen LogP contribution in [0.3, 0.4) is 0 Å². The number of thiazole rings is 2. The highest BCUT2D eigenvalue weighted by Crippen LogP contribution is 2.26. The zero-order valence-corrected chi connectivity index (χ0v) is 13.4. The molecule has 0 radical (unpaired) electrons. The van der Waals surface area contributed by atoms with E-state index in [2.05, 4.69) is 15.3 Å². The first kappa shape index (κ1) is 14.6. The molecule has 3 aromatic rings. The number of nitrogens with one attached hydrogen (secondary N) is 1. The Morgan fingerprint density at radius 2 is 2.14 bits per heavy atom. The van der Waals surface area contributed by atoms with E-state index >= 15 is 0 Å². The molecule has 0 aromatic carbocycles. The molecule has 0 aliphatic rings. The Morgan fingerprint density at radius 3 is 2.77 bits per heavy atom. The lowest BCUT2D eigenvalue weighted by Gasteiger charge is -1.96. The summed E-state index contributed by atoms with van der Waals surface area (Å²) in [6, 6.07) is 3.66. The molecule has 6 nitrogen and oxygen atoms in total. The van der Waals surface area contributed by atoms with Crippen LogP contribution in [0.1, 0.15) is 32.8 Å². The van der Waals surface area contributed by atoms with Gasteiger partial charge in [-0.15, -0.1) is 11.3 Å². The van der Waals surface area contributed by atoms with E-state index in [1.165, 1.54) is 24.5 Å². The third-order valence-corrected chi connectivity index (χ3v) is 4.63. The number of Topliss-reactive ketones (excluding diaryl/α,β-unsaturated/α-hetero) is 1. The van der Waals surface area contributed by atoms with Crippen molar-refractivity contribution >= 4 is 39.5 Å². The first-order chi connectivity index (χ1) is 10.5. The molecular weight excluding hydrogens is 322 g/mol. The van der Waals surface area contributed by atoms with Gasteiger partial charge in [-0.3, -0.25) is 14.9 Å². The molecule has 112 valence electrons. The number of anilines is 1. The van der Waals surface area contributed by atoms with Gasteiger partial charge in [0.25, 0.3) is 5.91 Å². The lowest BCUT2D eigenvalue weighted by Crippen LogP contribution is -2.11. The number of hydrogen-bond donors (Lipinski definition) is 1. The van der Waals surface area contributed by atoms with Gasteiger partial charge in [0.15, 0.2) is 21.7 Å². The molecule has 0 aliphatic carbocycles. The van der Waals surface area contributed by atoms with Gasteiger partial charge >= 0.3 is 0 Å². The second kappa shape index (κ2) is 5.82. The average molecular weight is 333 g/mol. The van der Waals surface area contributed by atoms with Crippen LogP contribution >= 0.6 is 22.7 Å². The SMILES string of the molecule is CC(=O)c1cnc(NC(=O)c2csc(-c3ccc(C)o3)n2)s1. The van der Waals surface area contributed by atoms with E-state index in [4.69, 9.17) is 4.42 Å². The molecule has 8 heteroatoms. The molecule has 1 amide bonds. The fourth-order valence-corrected chi connectivity index (χ4v) is 3.16. The van der Waals surface area contributed by atoms with Gasteiger partial charge in [-0.1, -0.05) is 11.3 Å². The summed E-state index contributed by atoms with van der Waals surface area (Å²) >= 11 is 2.46. The fourth-order valence-electron chi connectivity index (χ4n) is 1.70. The van der Waals surface area contributed by atoms with Gasteiger partial charge in [0.2, 0.25) is 0 Å². The minimum absolute atomic E-state index is 0.0814. The lowest BCUT2D eigenvalue weighted by atomic mass is 10.4. The zero-order valence-electron chi connectivity index (χ0n) is 11.7. The van der Waals surface area contributed by atoms with Crippen LogP contribution < -0.4 is 5.32 Å². The molecule has 0 aliphatic heterocycles. The highest BCUT2D eigenvalue weighted by atomic mass is 32.1. The number of carbonyl (C=O) groups is 2. The van der Waals surface area contributed by atoms with Gasteiger partial charge in [-0.2, -0.15) is 0 Å². The van der Waals surface area contributed by atoms with Crippen molar-refractivity contribution in [1.82, 2.24) is 9.97 Å². The highest BCUT2D eigenvalue weighted by molar-refractivity contribution is 7.17. The van der Waals surface area contributed by atoms with Crippen LogP contribution in [0.2, 0.25) is 0 Å². The summed E-state index contributed by atoms with van der Waals surface area (Å²) in [7, 11) is 0. The van der Waals surface area contributed by atoms with Gasteiger partial charge in [-0.05, 0) is 19.1 Å². The van der Waals surface area contributed by atoms with Crippen LogP contribution in [-0.4, -0.2) is 21.7 Å². The van der Waals surface area contributed by atoms with Crippen LogP contribution in [0.25, 0.3) is 10.8 Å². The number of hydrogen-bond acceptors (Lipinski definition) is 7. The predicted molar refractivity (Wildman–Crippen MR) is 84.6 cm³/mol. The maximum Gasteiger partial charge on any atom is 0.276 e. The van der Waals surface area contributed by atoms with Crippen molar-refractivity contribution in [2.45, 2.75) is 13.8 Å². The van der Waals surface area contributed by atoms with Crippen LogP contribution in [0, 0.1) is 6.92 Å². The van der Waals surface area contributed by atoms with Crippen molar-refractivity contribution in [2.75, 3.05) is 5.32 Å². The third-order valence-electron chi connectivity index (χ3n) is 2.76. The molecule has 0 fully saturated rings. The number of nitrogens with zero attached hydrogens (tertiary/aromatic N) is 2. The van der Waals surface area contributed by atoms with Gasteiger partial charge < -0.3 is 4.42 Å². The van der Waals surface area contributed by atoms with Crippen molar-refractivity contribution < 1.29 is 14.0 Å². The molecule has 3 aromatic heterocycles. The number of ketones is 1. The van der Waals surface area contributed by atoms with Crippen molar-refractivity contribution in [3.63, 3.8) is 0 Å². The summed E-state index contributed by atoms with van der Waals surface area (Å²) in [4.78, 5) is 32.1. The first-order valence-electron chi connectivity index (χ1n) is 6.33. The summed E-state index contributed by atoms with van der Waals surface area (Å²) < 4.78 is 5.48. The van der Waals surface area contributed by atoms with E-state index in [-0.39, 0.29) is 17.4 Å². The summed E-state index contributed by atoms with van der Waals surface area (Å²) in [5.74, 6) is 0.975. The number of aromatic nitrogens is 2. The smallest absolute Gasteiger partial charge is 0.276 e. The summed E-state index contributed by atoms with van der Waals surface area (Å²) in [5.41, 5.74) is 0.286. The molecule has 1 N–H and O–H groups in total. The molecule has 0 saturated heterocycles. The molecule has 0 atom stereocenters. The predicted octanol–water partition coefficient (Wildman–Crippen LogP) is 3.62. The van der Waals surface area contributed by atoms with Gasteiger partial charge in [0.1, 0.15) is 11.5 Å². The van der Waals surface area contributed by atoms with Gasteiger partial charge in [0.05, 0.1) is 11.1 Å². The lowest BCUT2D eigenvalue weighted by molar-refractivity contribution is 0.101. The van der Waals surface area contributed by atoms with Crippen molar-refractivity contribution in [3.05, 3.63) is 40.0 Å². The second-order valence-electron chi connectivity index (χ2n) is 4.49. The molecule has 0 saturated carbocycles. The molecule has 3 rings (SSSR count). The van der Waals surface area contributed by atoms with E-state index in [0.717, 1.165) is 17.1 Å². The topological polar surface area (TPSA) is 85.1 Å². The Morgan fingerprint density at radius 1 is 1.32 bits per heavy atom. The third kappa shape index (κ3) is 2.97. The normalized spacial score (nSPS) is 10.6. The Bertz CT molecular complexity index is 847. The first-order valence-corrected chi connectivity index (χ1v) is 8.03. The summed E-state index contributed by atoms with van der Waals surface area (Å²) in [6.45, 7) is 3.30. The molecule has 3 heterocycles. The minimum atomic E-state index is -0.366. The van der Waals surface area contributed by atoms with Crippen LogP contribution in [0.5, 0.6) is 0 Å². The van der Waals surface area contributed by atoms with E-state index < -0.39 is 0 Å². The van der Waals surface area contributed by atoms with E-state index in [9.17, 15) is 9.59 Å². The largest absolute Gasteiger partial charge is 0.459 e. The van der Waals surface area contributed by atoms with Gasteiger partial charge in [-0.25, -0.2) is 9.97 Å². The average Bonchev–Trinajstić information content (AvgIpc) is 3.16. The number of carbonyl (C=O) groups excluding carboxylic acids is 2. The number of amides is 1.